The molecule has 2 aromatic carbocycles. The zero-order chi connectivity index (χ0) is 13.8. The lowest BCUT2D eigenvalue weighted by Crippen LogP contribution is -2.33. The maximum Gasteiger partial charge on any atom is 0.252 e. The fourth-order valence-corrected chi connectivity index (χ4v) is 3.47. The molecule has 0 aliphatic carbocycles. The Morgan fingerprint density at radius 2 is 1.11 bits per heavy atom. The molecule has 0 aromatic heterocycles. The van der Waals surface area contributed by atoms with Crippen molar-refractivity contribution in [2.45, 2.75) is 0 Å². The molecule has 2 nitrogen and oxygen atoms in total. The first-order chi connectivity index (χ1) is 9.09. The predicted octanol–water partition coefficient (Wildman–Crippen LogP) is 2.10. The van der Waals surface area contributed by atoms with Crippen molar-refractivity contribution in [2.24, 2.45) is 0 Å². The van der Waals surface area contributed by atoms with E-state index in [0.717, 1.165) is 10.4 Å². The predicted molar refractivity (Wildman–Crippen MR) is 78.3 cm³/mol. The molecule has 0 aliphatic rings. The maximum atomic E-state index is 11.4. The van der Waals surface area contributed by atoms with Crippen molar-refractivity contribution in [2.75, 3.05) is 0 Å². The lowest BCUT2D eigenvalue weighted by molar-refractivity contribution is 0.107. The van der Waals surface area contributed by atoms with Gasteiger partial charge in [-0.25, -0.2) is 0 Å². The number of benzene rings is 2. The third-order valence-corrected chi connectivity index (χ3v) is 4.36. The second-order valence-electron chi connectivity index (χ2n) is 3.76. The molecule has 2 rings (SSSR count). The van der Waals surface area contributed by atoms with E-state index in [1.165, 1.54) is 0 Å². The summed E-state index contributed by atoms with van der Waals surface area (Å²) in [6.45, 7) is 0. The molecule has 94 valence electrons. The van der Waals surface area contributed by atoms with E-state index in [1.807, 2.05) is 24.3 Å². The summed E-state index contributed by atoms with van der Waals surface area (Å²) >= 11 is 11.1. The molecule has 0 amide bonds. The van der Waals surface area contributed by atoms with E-state index in [2.05, 4.69) is 0 Å². The molecule has 0 spiro atoms. The van der Waals surface area contributed by atoms with Crippen LogP contribution in [0.15, 0.2) is 48.5 Å². The fraction of sp³-hybridized carbons (Fsp3) is 0. The lowest BCUT2D eigenvalue weighted by Gasteiger charge is -2.07. The average Bonchev–Trinajstić information content (AvgIpc) is 2.39. The van der Waals surface area contributed by atoms with Crippen LogP contribution in [0.3, 0.4) is 0 Å². The fourth-order valence-electron chi connectivity index (χ4n) is 1.67. The van der Waals surface area contributed by atoms with Crippen LogP contribution in [0.4, 0.5) is 0 Å². The summed E-state index contributed by atoms with van der Waals surface area (Å²) in [4.78, 5) is 22.7. The van der Waals surface area contributed by atoms with Crippen LogP contribution in [-0.4, -0.2) is 20.0 Å². The van der Waals surface area contributed by atoms with Gasteiger partial charge in [-0.05, 0) is 33.6 Å². The van der Waals surface area contributed by atoms with Gasteiger partial charge < -0.3 is 0 Å². The van der Waals surface area contributed by atoms with E-state index in [4.69, 9.17) is 23.2 Å². The summed E-state index contributed by atoms with van der Waals surface area (Å²) in [6.07, 6.45) is 0. The minimum absolute atomic E-state index is 0.149. The van der Waals surface area contributed by atoms with Crippen LogP contribution in [0.5, 0.6) is 0 Å². The van der Waals surface area contributed by atoms with Gasteiger partial charge in [-0.2, -0.15) is 0 Å². The van der Waals surface area contributed by atoms with Crippen LogP contribution in [0.25, 0.3) is 0 Å². The standard InChI is InChI=1S/C14H8Cl2O2Si/c15-13(17)9-5-1-3-7-11(9)19-12-8-4-2-6-10(12)14(16)18/h1-8H. The first-order valence-electron chi connectivity index (χ1n) is 5.44. The molecular formula is C14H8Cl2O2Si. The second kappa shape index (κ2) is 6.15. The van der Waals surface area contributed by atoms with Crippen LogP contribution in [0, 0.1) is 0 Å². The highest BCUT2D eigenvalue weighted by Crippen LogP contribution is 2.03. The third kappa shape index (κ3) is 3.32. The van der Waals surface area contributed by atoms with Crippen LogP contribution in [0.2, 0.25) is 0 Å². The van der Waals surface area contributed by atoms with Crippen molar-refractivity contribution in [1.29, 1.82) is 0 Å². The molecule has 0 aliphatic heterocycles. The molecule has 2 radical (unpaired) electrons. The van der Waals surface area contributed by atoms with Crippen molar-refractivity contribution < 1.29 is 9.59 Å². The first-order valence-corrected chi connectivity index (χ1v) is 7.20. The van der Waals surface area contributed by atoms with Gasteiger partial charge in [-0.15, -0.1) is 0 Å². The molecular weight excluding hydrogens is 299 g/mol. The second-order valence-corrected chi connectivity index (χ2v) is 5.78. The van der Waals surface area contributed by atoms with Gasteiger partial charge in [-0.1, -0.05) is 48.5 Å². The van der Waals surface area contributed by atoms with Gasteiger partial charge in [0.25, 0.3) is 10.5 Å². The number of halogens is 2. The highest BCUT2D eigenvalue weighted by molar-refractivity contribution is 6.77. The number of rotatable bonds is 4. The zero-order valence-corrected chi connectivity index (χ0v) is 12.2. The van der Waals surface area contributed by atoms with Gasteiger partial charge in [0.15, 0.2) is 0 Å². The SMILES string of the molecule is O=C(Cl)c1ccccc1[Si]c1ccccc1C(=O)Cl. The minimum Gasteiger partial charge on any atom is -0.276 e. The molecule has 19 heavy (non-hydrogen) atoms. The van der Waals surface area contributed by atoms with Gasteiger partial charge in [0.2, 0.25) is 0 Å². The summed E-state index contributed by atoms with van der Waals surface area (Å²) in [7, 11) is 0.149. The summed E-state index contributed by atoms with van der Waals surface area (Å²) in [5.41, 5.74) is 0.915. The lowest BCUT2D eigenvalue weighted by atomic mass is 10.2. The number of hydrogen-bond acceptors (Lipinski definition) is 2. The Morgan fingerprint density at radius 3 is 1.47 bits per heavy atom. The molecule has 0 saturated heterocycles. The van der Waals surface area contributed by atoms with Crippen molar-refractivity contribution in [3.63, 3.8) is 0 Å². The van der Waals surface area contributed by atoms with E-state index in [9.17, 15) is 9.59 Å². The van der Waals surface area contributed by atoms with Crippen molar-refractivity contribution in [3.8, 4) is 0 Å². The van der Waals surface area contributed by atoms with E-state index >= 15 is 0 Å². The number of hydrogen-bond donors (Lipinski definition) is 0. The largest absolute Gasteiger partial charge is 0.276 e. The molecule has 0 fully saturated rings. The Balaban J connectivity index is 2.42. The molecule has 0 N–H and O–H groups in total. The van der Waals surface area contributed by atoms with E-state index in [0.29, 0.717) is 11.1 Å². The van der Waals surface area contributed by atoms with Crippen LogP contribution >= 0.6 is 23.2 Å². The third-order valence-electron chi connectivity index (χ3n) is 2.55. The minimum atomic E-state index is -0.502. The smallest absolute Gasteiger partial charge is 0.252 e. The van der Waals surface area contributed by atoms with Crippen molar-refractivity contribution >= 4 is 53.6 Å². The zero-order valence-electron chi connectivity index (χ0n) is 9.69. The summed E-state index contributed by atoms with van der Waals surface area (Å²) in [6, 6.07) is 14.1. The van der Waals surface area contributed by atoms with E-state index in [1.54, 1.807) is 24.3 Å². The molecule has 0 saturated carbocycles. The van der Waals surface area contributed by atoms with Crippen LogP contribution < -0.4 is 10.4 Å². The summed E-state index contributed by atoms with van der Waals surface area (Å²) in [5, 5.41) is 0.594. The Labute approximate surface area is 123 Å². The van der Waals surface area contributed by atoms with Gasteiger partial charge in [0, 0.05) is 11.1 Å². The van der Waals surface area contributed by atoms with Gasteiger partial charge >= 0.3 is 0 Å². The highest BCUT2D eigenvalue weighted by Gasteiger charge is 2.13. The molecule has 2 aromatic rings. The topological polar surface area (TPSA) is 34.1 Å². The number of carbonyl (C=O) groups excluding carboxylic acids is 2. The summed E-state index contributed by atoms with van der Waals surface area (Å²) < 4.78 is 0. The van der Waals surface area contributed by atoms with E-state index in [-0.39, 0.29) is 9.52 Å². The van der Waals surface area contributed by atoms with Crippen LogP contribution in [-0.2, 0) is 0 Å². The molecule has 5 heteroatoms. The van der Waals surface area contributed by atoms with Crippen molar-refractivity contribution in [3.05, 3.63) is 59.7 Å². The van der Waals surface area contributed by atoms with Gasteiger partial charge in [0.1, 0.15) is 9.52 Å². The quantitative estimate of drug-likeness (QED) is 0.640. The van der Waals surface area contributed by atoms with Gasteiger partial charge in [0.05, 0.1) is 0 Å². The average molecular weight is 307 g/mol. The Hall–Kier alpha value is -1.42. The molecule has 0 heterocycles. The first kappa shape index (κ1) is 14.0. The monoisotopic (exact) mass is 306 g/mol. The van der Waals surface area contributed by atoms with Crippen LogP contribution in [0.1, 0.15) is 20.7 Å². The molecule has 0 bridgehead atoms. The molecule has 0 atom stereocenters. The Morgan fingerprint density at radius 1 is 0.737 bits per heavy atom. The highest BCUT2D eigenvalue weighted by atomic mass is 35.5. The Kier molecular flexibility index (Phi) is 4.53. The van der Waals surface area contributed by atoms with Gasteiger partial charge in [-0.3, -0.25) is 9.59 Å². The normalized spacial score (nSPS) is 10.2. The van der Waals surface area contributed by atoms with Crippen molar-refractivity contribution in [1.82, 2.24) is 0 Å². The Bertz CT molecular complexity index is 585. The number of carbonyl (C=O) groups is 2. The maximum absolute atomic E-state index is 11.4. The summed E-state index contributed by atoms with van der Waals surface area (Å²) in [5.74, 6) is 0. The molecule has 0 unspecified atom stereocenters. The van der Waals surface area contributed by atoms with E-state index < -0.39 is 10.5 Å².